The molecule has 3 aliphatic carbocycles. The van der Waals surface area contributed by atoms with Gasteiger partial charge in [-0.3, -0.25) is 0 Å². The molecule has 0 aliphatic heterocycles. The number of rotatable bonds is 7. The fourth-order valence-electron chi connectivity index (χ4n) is 7.03. The molecule has 28 heavy (non-hydrogen) atoms. The van der Waals surface area contributed by atoms with Crippen LogP contribution in [0.1, 0.15) is 108 Å². The largest absolute Gasteiger partial charge is 0.0654 e. The van der Waals surface area contributed by atoms with E-state index in [-0.39, 0.29) is 0 Å². The van der Waals surface area contributed by atoms with Gasteiger partial charge in [0.2, 0.25) is 0 Å². The van der Waals surface area contributed by atoms with Gasteiger partial charge in [0.25, 0.3) is 0 Å². The third-order valence-electron chi connectivity index (χ3n) is 8.84. The lowest BCUT2D eigenvalue weighted by molar-refractivity contribution is 0.0690. The van der Waals surface area contributed by atoms with Crippen molar-refractivity contribution in [2.24, 2.45) is 29.6 Å². The van der Waals surface area contributed by atoms with Crippen LogP contribution >= 0.6 is 0 Å². The average molecular weight is 381 g/mol. The lowest BCUT2D eigenvalue weighted by Gasteiger charge is -2.45. The van der Waals surface area contributed by atoms with E-state index in [1.54, 1.807) is 43.2 Å². The predicted octanol–water partition coefficient (Wildman–Crippen LogP) is 8.16. The molecule has 1 aromatic carbocycles. The highest BCUT2D eigenvalue weighted by atomic mass is 14.4. The minimum Gasteiger partial charge on any atom is -0.0654 e. The topological polar surface area (TPSA) is 0 Å². The summed E-state index contributed by atoms with van der Waals surface area (Å²) in [7, 11) is 0. The van der Waals surface area contributed by atoms with Crippen LogP contribution in [0.5, 0.6) is 0 Å². The lowest BCUT2D eigenvalue weighted by Crippen LogP contribution is -2.35. The second-order valence-corrected chi connectivity index (χ2v) is 10.6. The first-order chi connectivity index (χ1) is 13.8. The smallest absolute Gasteiger partial charge is 0.0245 e. The number of hydrogen-bond acceptors (Lipinski definition) is 0. The normalized spacial score (nSPS) is 32.6. The first-order valence-electron chi connectivity index (χ1n) is 12.9. The van der Waals surface area contributed by atoms with E-state index >= 15 is 0 Å². The molecule has 5 unspecified atom stereocenters. The van der Waals surface area contributed by atoms with Crippen LogP contribution in [0.15, 0.2) is 18.2 Å². The van der Waals surface area contributed by atoms with Crippen LogP contribution in [0.4, 0.5) is 0 Å². The molecule has 1 aromatic rings. The fourth-order valence-corrected chi connectivity index (χ4v) is 7.03. The van der Waals surface area contributed by atoms with Crippen molar-refractivity contribution in [3.05, 3.63) is 34.9 Å². The Morgan fingerprint density at radius 3 is 2.36 bits per heavy atom. The Morgan fingerprint density at radius 1 is 0.750 bits per heavy atom. The maximum absolute atomic E-state index is 2.50. The molecule has 4 rings (SSSR count). The van der Waals surface area contributed by atoms with Crippen LogP contribution in [-0.4, -0.2) is 0 Å². The van der Waals surface area contributed by atoms with Gasteiger partial charge in [-0.05, 0) is 104 Å². The Morgan fingerprint density at radius 2 is 1.54 bits per heavy atom. The molecule has 0 aromatic heterocycles. The van der Waals surface area contributed by atoms with Crippen molar-refractivity contribution >= 4 is 0 Å². The van der Waals surface area contributed by atoms with E-state index in [9.17, 15) is 0 Å². The van der Waals surface area contributed by atoms with Crippen LogP contribution < -0.4 is 0 Å². The summed E-state index contributed by atoms with van der Waals surface area (Å²) in [6, 6.07) is 7.36. The van der Waals surface area contributed by atoms with Gasteiger partial charge in [0.15, 0.2) is 0 Å². The van der Waals surface area contributed by atoms with Crippen molar-refractivity contribution in [3.8, 4) is 0 Å². The molecule has 0 spiro atoms. The minimum atomic E-state index is 0.979. The van der Waals surface area contributed by atoms with Crippen molar-refractivity contribution in [1.82, 2.24) is 0 Å². The van der Waals surface area contributed by atoms with E-state index < -0.39 is 0 Å². The Bertz CT molecular complexity index is 614. The molecule has 5 atom stereocenters. The average Bonchev–Trinajstić information content (AvgIpc) is 2.75. The van der Waals surface area contributed by atoms with Crippen LogP contribution in [0.2, 0.25) is 0 Å². The van der Waals surface area contributed by atoms with Gasteiger partial charge >= 0.3 is 0 Å². The van der Waals surface area contributed by atoms with Crippen LogP contribution in [0.3, 0.4) is 0 Å². The summed E-state index contributed by atoms with van der Waals surface area (Å²) < 4.78 is 0. The number of aryl methyl sites for hydroxylation is 2. The summed E-state index contributed by atoms with van der Waals surface area (Å²) in [6.07, 6.45) is 22.1. The summed E-state index contributed by atoms with van der Waals surface area (Å²) in [5, 5.41) is 0. The van der Waals surface area contributed by atoms with E-state index in [0.29, 0.717) is 0 Å². The van der Waals surface area contributed by atoms with E-state index in [2.05, 4.69) is 32.0 Å². The fraction of sp³-hybridized carbons (Fsp3) is 0.786. The SMILES string of the molecule is CCCCCCC1CCC2CC(C3CCc4cc(CC)ccc4C3)CCC2C1. The highest BCUT2D eigenvalue weighted by Crippen LogP contribution is 2.49. The number of fused-ring (bicyclic) bond motifs is 2. The van der Waals surface area contributed by atoms with Gasteiger partial charge in [-0.25, -0.2) is 0 Å². The monoisotopic (exact) mass is 380 g/mol. The molecule has 0 saturated heterocycles. The maximum Gasteiger partial charge on any atom is -0.0245 e. The lowest BCUT2D eigenvalue weighted by atomic mass is 9.61. The van der Waals surface area contributed by atoms with Crippen molar-refractivity contribution in [3.63, 3.8) is 0 Å². The van der Waals surface area contributed by atoms with Crippen molar-refractivity contribution in [2.45, 2.75) is 110 Å². The van der Waals surface area contributed by atoms with Crippen molar-refractivity contribution < 1.29 is 0 Å². The van der Waals surface area contributed by atoms with Gasteiger partial charge in [-0.15, -0.1) is 0 Å². The number of benzene rings is 1. The Kier molecular flexibility index (Phi) is 7.18. The molecule has 0 N–H and O–H groups in total. The Hall–Kier alpha value is -0.780. The van der Waals surface area contributed by atoms with Gasteiger partial charge in [0, 0.05) is 0 Å². The van der Waals surface area contributed by atoms with Gasteiger partial charge in [-0.2, -0.15) is 0 Å². The molecule has 0 radical (unpaired) electrons. The van der Waals surface area contributed by atoms with Crippen molar-refractivity contribution in [1.29, 1.82) is 0 Å². The summed E-state index contributed by atoms with van der Waals surface area (Å²) in [4.78, 5) is 0. The van der Waals surface area contributed by atoms with Gasteiger partial charge < -0.3 is 0 Å². The zero-order chi connectivity index (χ0) is 19.3. The van der Waals surface area contributed by atoms with Crippen LogP contribution in [0, 0.1) is 29.6 Å². The van der Waals surface area contributed by atoms with E-state index in [1.807, 2.05) is 0 Å². The second kappa shape index (κ2) is 9.82. The van der Waals surface area contributed by atoms with Crippen molar-refractivity contribution in [2.75, 3.05) is 0 Å². The highest BCUT2D eigenvalue weighted by Gasteiger charge is 2.38. The molecule has 3 aliphatic rings. The zero-order valence-electron chi connectivity index (χ0n) is 18.7. The third kappa shape index (κ3) is 4.85. The molecule has 0 bridgehead atoms. The summed E-state index contributed by atoms with van der Waals surface area (Å²) in [5.41, 5.74) is 4.89. The van der Waals surface area contributed by atoms with E-state index in [1.165, 1.54) is 69.8 Å². The summed E-state index contributed by atoms with van der Waals surface area (Å²) in [6.45, 7) is 4.61. The summed E-state index contributed by atoms with van der Waals surface area (Å²) in [5.74, 6) is 5.25. The molecular weight excluding hydrogens is 336 g/mol. The number of hydrogen-bond donors (Lipinski definition) is 0. The molecule has 0 heteroatoms. The van der Waals surface area contributed by atoms with Crippen LogP contribution in [0.25, 0.3) is 0 Å². The molecule has 2 saturated carbocycles. The highest BCUT2D eigenvalue weighted by molar-refractivity contribution is 5.34. The standard InChI is InChI=1S/C28H44/c1-3-5-6-7-8-22-10-12-26-20-28(16-14-24(26)18-22)27-15-13-23-17-21(4-2)9-11-25(23)19-27/h9,11,17,22,24,26-28H,3-8,10,12-16,18-20H2,1-2H3. The molecule has 0 nitrogen and oxygen atoms in total. The van der Waals surface area contributed by atoms with E-state index in [4.69, 9.17) is 0 Å². The first kappa shape index (κ1) is 20.5. The Labute approximate surface area is 174 Å². The molecule has 2 fully saturated rings. The molecular formula is C28H44. The predicted molar refractivity (Wildman–Crippen MR) is 122 cm³/mol. The maximum atomic E-state index is 2.50. The first-order valence-corrected chi connectivity index (χ1v) is 12.9. The second-order valence-electron chi connectivity index (χ2n) is 10.6. The van der Waals surface area contributed by atoms with Gasteiger partial charge in [0.1, 0.15) is 0 Å². The zero-order valence-corrected chi connectivity index (χ0v) is 18.7. The van der Waals surface area contributed by atoms with E-state index in [0.717, 1.165) is 29.6 Å². The summed E-state index contributed by atoms with van der Waals surface area (Å²) >= 11 is 0. The minimum absolute atomic E-state index is 0.979. The molecule has 156 valence electrons. The molecule has 0 amide bonds. The molecule has 0 heterocycles. The number of unbranched alkanes of at least 4 members (excludes halogenated alkanes) is 3. The Balaban J connectivity index is 1.27. The van der Waals surface area contributed by atoms with Crippen LogP contribution in [-0.2, 0) is 19.3 Å². The third-order valence-corrected chi connectivity index (χ3v) is 8.84. The van der Waals surface area contributed by atoms with Gasteiger partial charge in [0.05, 0.1) is 0 Å². The quantitative estimate of drug-likeness (QED) is 0.418. The van der Waals surface area contributed by atoms with Gasteiger partial charge in [-0.1, -0.05) is 70.6 Å².